The molecular weight excluding hydrogens is 362 g/mol. The molecule has 1 saturated heterocycles. The first kappa shape index (κ1) is 20.0. The second-order valence-corrected chi connectivity index (χ2v) is 6.77. The Bertz CT molecular complexity index is 758. The standard InChI is InChI=1S/C20H27N3O5/c1-4-28-19(25)16-17(14-9-8-13(26-2)12-15(14)27-3)21-20(22-18(16)24)23-10-6-5-7-11-23/h8-9,12,16-17H,4-7,10-11H2,1-3H3,(H,21,22,24)/t16-,17-/m0/s1. The van der Waals surface area contributed by atoms with Crippen molar-refractivity contribution < 1.29 is 23.8 Å². The van der Waals surface area contributed by atoms with E-state index in [1.807, 2.05) is 0 Å². The number of piperidine rings is 1. The third-order valence-electron chi connectivity index (χ3n) is 5.05. The predicted octanol–water partition coefficient (Wildman–Crippen LogP) is 1.90. The van der Waals surface area contributed by atoms with Gasteiger partial charge in [-0.3, -0.25) is 14.9 Å². The molecule has 0 aliphatic carbocycles. The lowest BCUT2D eigenvalue weighted by molar-refractivity contribution is -0.153. The molecule has 1 fully saturated rings. The summed E-state index contributed by atoms with van der Waals surface area (Å²) in [5.74, 6) is -0.436. The monoisotopic (exact) mass is 389 g/mol. The van der Waals surface area contributed by atoms with Gasteiger partial charge in [-0.05, 0) is 38.3 Å². The van der Waals surface area contributed by atoms with Gasteiger partial charge in [0.05, 0.1) is 20.8 Å². The van der Waals surface area contributed by atoms with Crippen LogP contribution in [-0.4, -0.2) is 56.7 Å². The topological polar surface area (TPSA) is 89.5 Å². The average molecular weight is 389 g/mol. The Balaban J connectivity index is 2.04. The van der Waals surface area contributed by atoms with Crippen molar-refractivity contribution in [3.05, 3.63) is 23.8 Å². The number of benzene rings is 1. The van der Waals surface area contributed by atoms with Crippen molar-refractivity contribution in [1.29, 1.82) is 0 Å². The van der Waals surface area contributed by atoms with E-state index >= 15 is 0 Å². The molecule has 2 aliphatic rings. The number of aliphatic imine (C=N–C) groups is 1. The molecule has 0 radical (unpaired) electrons. The Morgan fingerprint density at radius 3 is 2.61 bits per heavy atom. The van der Waals surface area contributed by atoms with Crippen LogP contribution in [-0.2, 0) is 14.3 Å². The first-order valence-corrected chi connectivity index (χ1v) is 9.61. The zero-order valence-electron chi connectivity index (χ0n) is 16.6. The molecule has 3 rings (SSSR count). The van der Waals surface area contributed by atoms with E-state index in [2.05, 4.69) is 10.2 Å². The highest BCUT2D eigenvalue weighted by atomic mass is 16.5. The minimum atomic E-state index is -1.07. The molecule has 1 aromatic carbocycles. The molecule has 8 heteroatoms. The van der Waals surface area contributed by atoms with E-state index in [1.54, 1.807) is 32.2 Å². The van der Waals surface area contributed by atoms with Gasteiger partial charge < -0.3 is 19.1 Å². The molecular formula is C20H27N3O5. The number of amides is 1. The van der Waals surface area contributed by atoms with Crippen LogP contribution in [0, 0.1) is 5.92 Å². The van der Waals surface area contributed by atoms with Gasteiger partial charge in [0.15, 0.2) is 5.92 Å². The van der Waals surface area contributed by atoms with E-state index in [0.29, 0.717) is 23.0 Å². The third kappa shape index (κ3) is 4.05. The van der Waals surface area contributed by atoms with Crippen LogP contribution in [0.25, 0.3) is 0 Å². The Kier molecular flexibility index (Phi) is 6.38. The first-order chi connectivity index (χ1) is 13.6. The minimum Gasteiger partial charge on any atom is -0.497 e. The minimum absolute atomic E-state index is 0.192. The van der Waals surface area contributed by atoms with Gasteiger partial charge in [-0.2, -0.15) is 0 Å². The lowest BCUT2D eigenvalue weighted by Crippen LogP contribution is -2.53. The molecule has 28 heavy (non-hydrogen) atoms. The van der Waals surface area contributed by atoms with E-state index in [0.717, 1.165) is 25.9 Å². The second kappa shape index (κ2) is 8.95. The van der Waals surface area contributed by atoms with Gasteiger partial charge in [0.25, 0.3) is 0 Å². The summed E-state index contributed by atoms with van der Waals surface area (Å²) < 4.78 is 15.9. The molecule has 1 amide bonds. The van der Waals surface area contributed by atoms with Crippen LogP contribution in [0.1, 0.15) is 37.8 Å². The number of rotatable bonds is 5. The summed E-state index contributed by atoms with van der Waals surface area (Å²) >= 11 is 0. The van der Waals surface area contributed by atoms with Gasteiger partial charge in [0.1, 0.15) is 17.5 Å². The molecule has 0 saturated carbocycles. The van der Waals surface area contributed by atoms with Gasteiger partial charge >= 0.3 is 5.97 Å². The molecule has 0 bridgehead atoms. The predicted molar refractivity (Wildman–Crippen MR) is 103 cm³/mol. The maximum atomic E-state index is 12.9. The molecule has 8 nitrogen and oxygen atoms in total. The van der Waals surface area contributed by atoms with Crippen LogP contribution < -0.4 is 14.8 Å². The fraction of sp³-hybridized carbons (Fsp3) is 0.550. The normalized spacial score (nSPS) is 22.2. The van der Waals surface area contributed by atoms with Crippen molar-refractivity contribution in [3.8, 4) is 11.5 Å². The average Bonchev–Trinajstić information content (AvgIpc) is 2.73. The van der Waals surface area contributed by atoms with Crippen molar-refractivity contribution in [2.24, 2.45) is 10.9 Å². The Morgan fingerprint density at radius 2 is 1.96 bits per heavy atom. The zero-order valence-corrected chi connectivity index (χ0v) is 16.6. The highest BCUT2D eigenvalue weighted by Gasteiger charge is 2.43. The summed E-state index contributed by atoms with van der Waals surface area (Å²) in [6.07, 6.45) is 3.26. The number of nitrogens with one attached hydrogen (secondary N) is 1. The SMILES string of the molecule is CCOC(=O)[C@@H]1C(=O)NC(N2CCCCC2)=N[C@H]1c1ccc(OC)cc1OC. The number of methoxy groups -OCH3 is 2. The molecule has 2 heterocycles. The van der Waals surface area contributed by atoms with Crippen LogP contribution in [0.2, 0.25) is 0 Å². The van der Waals surface area contributed by atoms with Crippen LogP contribution in [0.3, 0.4) is 0 Å². The Hall–Kier alpha value is -2.77. The largest absolute Gasteiger partial charge is 0.497 e. The Labute approximate surface area is 164 Å². The van der Waals surface area contributed by atoms with Gasteiger partial charge in [0.2, 0.25) is 11.9 Å². The summed E-state index contributed by atoms with van der Waals surface area (Å²) in [7, 11) is 3.10. The molecule has 0 unspecified atom stereocenters. The zero-order chi connectivity index (χ0) is 20.1. The van der Waals surface area contributed by atoms with E-state index in [9.17, 15) is 9.59 Å². The number of guanidine groups is 1. The quantitative estimate of drug-likeness (QED) is 0.611. The number of esters is 1. The lowest BCUT2D eigenvalue weighted by atomic mass is 9.90. The molecule has 0 spiro atoms. The molecule has 1 N–H and O–H groups in total. The van der Waals surface area contributed by atoms with Crippen molar-refractivity contribution >= 4 is 17.8 Å². The van der Waals surface area contributed by atoms with Gasteiger partial charge in [0, 0.05) is 24.7 Å². The van der Waals surface area contributed by atoms with Crippen molar-refractivity contribution in [2.45, 2.75) is 32.2 Å². The number of likely N-dealkylation sites (tertiary alicyclic amines) is 1. The molecule has 2 aliphatic heterocycles. The van der Waals surface area contributed by atoms with Gasteiger partial charge in [-0.1, -0.05) is 0 Å². The third-order valence-corrected chi connectivity index (χ3v) is 5.05. The van der Waals surface area contributed by atoms with E-state index < -0.39 is 23.8 Å². The summed E-state index contributed by atoms with van der Waals surface area (Å²) in [5, 5.41) is 2.81. The van der Waals surface area contributed by atoms with Crippen molar-refractivity contribution in [3.63, 3.8) is 0 Å². The number of ether oxygens (including phenoxy) is 3. The highest BCUT2D eigenvalue weighted by Crippen LogP contribution is 2.38. The summed E-state index contributed by atoms with van der Waals surface area (Å²) in [6, 6.07) is 4.54. The van der Waals surface area contributed by atoms with Crippen molar-refractivity contribution in [1.82, 2.24) is 10.2 Å². The Morgan fingerprint density at radius 1 is 1.21 bits per heavy atom. The molecule has 0 aromatic heterocycles. The maximum Gasteiger partial charge on any atom is 0.321 e. The molecule has 152 valence electrons. The van der Waals surface area contributed by atoms with E-state index in [1.165, 1.54) is 13.5 Å². The number of nitrogens with zero attached hydrogens (tertiary/aromatic N) is 2. The van der Waals surface area contributed by atoms with E-state index in [4.69, 9.17) is 19.2 Å². The molecule has 1 aromatic rings. The van der Waals surface area contributed by atoms with E-state index in [-0.39, 0.29) is 6.61 Å². The highest BCUT2D eigenvalue weighted by molar-refractivity contribution is 6.08. The first-order valence-electron chi connectivity index (χ1n) is 9.61. The fourth-order valence-corrected chi connectivity index (χ4v) is 3.62. The number of carbonyl (C=O) groups excluding carboxylic acids is 2. The lowest BCUT2D eigenvalue weighted by Gasteiger charge is -2.35. The number of hydrogen-bond donors (Lipinski definition) is 1. The maximum absolute atomic E-state index is 12.9. The van der Waals surface area contributed by atoms with Crippen LogP contribution in [0.4, 0.5) is 0 Å². The summed E-state index contributed by atoms with van der Waals surface area (Å²) in [6.45, 7) is 3.56. The van der Waals surface area contributed by atoms with Gasteiger partial charge in [-0.25, -0.2) is 4.99 Å². The summed E-state index contributed by atoms with van der Waals surface area (Å²) in [5.41, 5.74) is 0.644. The van der Waals surface area contributed by atoms with Gasteiger partial charge in [-0.15, -0.1) is 0 Å². The summed E-state index contributed by atoms with van der Waals surface area (Å²) in [4.78, 5) is 32.3. The smallest absolute Gasteiger partial charge is 0.321 e. The number of hydrogen-bond acceptors (Lipinski definition) is 7. The van der Waals surface area contributed by atoms with Crippen molar-refractivity contribution in [2.75, 3.05) is 33.9 Å². The number of carbonyl (C=O) groups is 2. The second-order valence-electron chi connectivity index (χ2n) is 6.77. The van der Waals surface area contributed by atoms with Crippen LogP contribution in [0.5, 0.6) is 11.5 Å². The van der Waals surface area contributed by atoms with Crippen LogP contribution in [0.15, 0.2) is 23.2 Å². The van der Waals surface area contributed by atoms with Crippen LogP contribution >= 0.6 is 0 Å². The molecule has 2 atom stereocenters. The fourth-order valence-electron chi connectivity index (χ4n) is 3.62.